The van der Waals surface area contributed by atoms with Crippen LogP contribution in [0.3, 0.4) is 0 Å². The van der Waals surface area contributed by atoms with Gasteiger partial charge < -0.3 is 15.4 Å². The molecule has 0 aromatic heterocycles. The third-order valence-corrected chi connectivity index (χ3v) is 3.65. The highest BCUT2D eigenvalue weighted by Crippen LogP contribution is 2.06. The predicted octanol–water partition coefficient (Wildman–Crippen LogP) is 2.93. The van der Waals surface area contributed by atoms with Crippen molar-refractivity contribution in [2.75, 3.05) is 0 Å². The van der Waals surface area contributed by atoms with Crippen molar-refractivity contribution < 1.29 is 14.3 Å². The summed E-state index contributed by atoms with van der Waals surface area (Å²) in [6.45, 7) is 4.21. The molecule has 0 spiro atoms. The summed E-state index contributed by atoms with van der Waals surface area (Å²) in [5.74, 6) is -0.255. The molecule has 0 aliphatic carbocycles. The van der Waals surface area contributed by atoms with Gasteiger partial charge >= 0.3 is 6.09 Å². The lowest BCUT2D eigenvalue weighted by Crippen LogP contribution is -2.44. The summed E-state index contributed by atoms with van der Waals surface area (Å²) in [6, 6.07) is 16.5. The fraction of sp³-hybridized carbons (Fsp3) is 0.263. The van der Waals surface area contributed by atoms with Gasteiger partial charge in [0.05, 0.1) is 0 Å². The van der Waals surface area contributed by atoms with Crippen LogP contribution in [-0.2, 0) is 22.7 Å². The first-order valence-electron chi connectivity index (χ1n) is 7.85. The molecule has 24 heavy (non-hydrogen) atoms. The van der Waals surface area contributed by atoms with Gasteiger partial charge in [0, 0.05) is 6.54 Å². The van der Waals surface area contributed by atoms with E-state index < -0.39 is 12.1 Å². The molecule has 0 radical (unpaired) electrons. The average Bonchev–Trinajstić information content (AvgIpc) is 2.60. The van der Waals surface area contributed by atoms with Gasteiger partial charge in [0.1, 0.15) is 12.6 Å². The van der Waals surface area contributed by atoms with E-state index in [1.54, 1.807) is 6.92 Å². The van der Waals surface area contributed by atoms with E-state index in [0.29, 0.717) is 6.54 Å². The van der Waals surface area contributed by atoms with Crippen molar-refractivity contribution in [3.05, 3.63) is 71.3 Å². The zero-order chi connectivity index (χ0) is 17.4. The van der Waals surface area contributed by atoms with Gasteiger partial charge in [-0.25, -0.2) is 4.79 Å². The second kappa shape index (κ2) is 8.72. The standard InChI is InChI=1S/C19H22N2O3/c1-14-8-6-7-11-17(14)12-20-18(22)15(2)21-19(23)24-13-16-9-4-3-5-10-16/h3-11,15H,12-13H2,1-2H3,(H,20,22)(H,21,23). The number of benzene rings is 2. The molecule has 0 fully saturated rings. The highest BCUT2D eigenvalue weighted by atomic mass is 16.5. The molecule has 5 heteroatoms. The van der Waals surface area contributed by atoms with Crippen molar-refractivity contribution in [1.82, 2.24) is 10.6 Å². The van der Waals surface area contributed by atoms with E-state index in [1.165, 1.54) is 0 Å². The van der Waals surface area contributed by atoms with Gasteiger partial charge in [-0.2, -0.15) is 0 Å². The van der Waals surface area contributed by atoms with E-state index in [9.17, 15) is 9.59 Å². The minimum Gasteiger partial charge on any atom is -0.445 e. The molecule has 2 amide bonds. The summed E-state index contributed by atoms with van der Waals surface area (Å²) >= 11 is 0. The Morgan fingerprint density at radius 2 is 1.71 bits per heavy atom. The van der Waals surface area contributed by atoms with Gasteiger partial charge in [-0.15, -0.1) is 0 Å². The van der Waals surface area contributed by atoms with Crippen molar-refractivity contribution >= 4 is 12.0 Å². The van der Waals surface area contributed by atoms with E-state index in [2.05, 4.69) is 10.6 Å². The summed E-state index contributed by atoms with van der Waals surface area (Å²) in [6.07, 6.45) is -0.614. The van der Waals surface area contributed by atoms with Gasteiger partial charge in [-0.1, -0.05) is 54.6 Å². The number of nitrogens with one attached hydrogen (secondary N) is 2. The largest absolute Gasteiger partial charge is 0.445 e. The van der Waals surface area contributed by atoms with E-state index in [-0.39, 0.29) is 12.5 Å². The van der Waals surface area contributed by atoms with Crippen LogP contribution in [-0.4, -0.2) is 18.0 Å². The lowest BCUT2D eigenvalue weighted by atomic mass is 10.1. The molecule has 5 nitrogen and oxygen atoms in total. The van der Waals surface area contributed by atoms with Crippen LogP contribution in [0.5, 0.6) is 0 Å². The Labute approximate surface area is 142 Å². The van der Waals surface area contributed by atoms with Crippen LogP contribution in [0.2, 0.25) is 0 Å². The second-order valence-electron chi connectivity index (χ2n) is 5.57. The Hall–Kier alpha value is -2.82. The van der Waals surface area contributed by atoms with Crippen LogP contribution in [0.25, 0.3) is 0 Å². The van der Waals surface area contributed by atoms with E-state index in [4.69, 9.17) is 4.74 Å². The number of carbonyl (C=O) groups excluding carboxylic acids is 2. The Bertz CT molecular complexity index is 686. The zero-order valence-electron chi connectivity index (χ0n) is 13.9. The van der Waals surface area contributed by atoms with Gasteiger partial charge in [0.15, 0.2) is 0 Å². The zero-order valence-corrected chi connectivity index (χ0v) is 13.9. The molecule has 0 aliphatic rings. The van der Waals surface area contributed by atoms with Crippen LogP contribution in [0.1, 0.15) is 23.6 Å². The average molecular weight is 326 g/mol. The second-order valence-corrected chi connectivity index (χ2v) is 5.57. The van der Waals surface area contributed by atoms with Gasteiger partial charge in [0.25, 0.3) is 0 Å². The predicted molar refractivity (Wildman–Crippen MR) is 92.3 cm³/mol. The Morgan fingerprint density at radius 3 is 2.42 bits per heavy atom. The number of hydrogen-bond donors (Lipinski definition) is 2. The van der Waals surface area contributed by atoms with Crippen LogP contribution < -0.4 is 10.6 Å². The molecule has 0 heterocycles. The summed E-state index contributed by atoms with van der Waals surface area (Å²) < 4.78 is 5.10. The fourth-order valence-corrected chi connectivity index (χ4v) is 2.15. The third kappa shape index (κ3) is 5.43. The molecule has 1 atom stereocenters. The van der Waals surface area contributed by atoms with Gasteiger partial charge in [0.2, 0.25) is 5.91 Å². The molecule has 2 rings (SSSR count). The molecule has 0 aliphatic heterocycles. The molecule has 1 unspecified atom stereocenters. The molecule has 0 saturated carbocycles. The van der Waals surface area contributed by atoms with E-state index >= 15 is 0 Å². The number of alkyl carbamates (subject to hydrolysis) is 1. The maximum absolute atomic E-state index is 12.1. The van der Waals surface area contributed by atoms with Crippen molar-refractivity contribution in [3.63, 3.8) is 0 Å². The van der Waals surface area contributed by atoms with Gasteiger partial charge in [-0.3, -0.25) is 4.79 Å². The molecule has 2 aromatic rings. The fourth-order valence-electron chi connectivity index (χ4n) is 2.15. The molecular formula is C19H22N2O3. The number of carbonyl (C=O) groups is 2. The Kier molecular flexibility index (Phi) is 6.37. The Morgan fingerprint density at radius 1 is 1.04 bits per heavy atom. The first-order chi connectivity index (χ1) is 11.6. The SMILES string of the molecule is Cc1ccccc1CNC(=O)C(C)NC(=O)OCc1ccccc1. The number of ether oxygens (including phenoxy) is 1. The molecule has 0 bridgehead atoms. The van der Waals surface area contributed by atoms with Crippen LogP contribution >= 0.6 is 0 Å². The Balaban J connectivity index is 1.74. The monoisotopic (exact) mass is 326 g/mol. The summed E-state index contributed by atoms with van der Waals surface area (Å²) in [5, 5.41) is 5.34. The van der Waals surface area contributed by atoms with Crippen LogP contribution in [0.15, 0.2) is 54.6 Å². The number of rotatable bonds is 6. The number of hydrogen-bond acceptors (Lipinski definition) is 3. The lowest BCUT2D eigenvalue weighted by molar-refractivity contribution is -0.122. The smallest absolute Gasteiger partial charge is 0.408 e. The first kappa shape index (κ1) is 17.5. The van der Waals surface area contributed by atoms with E-state index in [1.807, 2.05) is 61.5 Å². The maximum atomic E-state index is 12.1. The highest BCUT2D eigenvalue weighted by molar-refractivity contribution is 5.85. The molecule has 2 aromatic carbocycles. The number of amides is 2. The summed E-state index contributed by atoms with van der Waals surface area (Å²) in [5.41, 5.74) is 3.05. The van der Waals surface area contributed by atoms with Crippen LogP contribution in [0.4, 0.5) is 4.79 Å². The third-order valence-electron chi connectivity index (χ3n) is 3.65. The van der Waals surface area contributed by atoms with Crippen LogP contribution in [0, 0.1) is 6.92 Å². The molecular weight excluding hydrogens is 304 g/mol. The molecule has 0 saturated heterocycles. The normalized spacial score (nSPS) is 11.4. The topological polar surface area (TPSA) is 67.4 Å². The van der Waals surface area contributed by atoms with Crippen molar-refractivity contribution in [3.8, 4) is 0 Å². The quantitative estimate of drug-likeness (QED) is 0.857. The van der Waals surface area contributed by atoms with Crippen molar-refractivity contribution in [2.45, 2.75) is 33.0 Å². The summed E-state index contributed by atoms with van der Waals surface area (Å²) in [4.78, 5) is 23.8. The van der Waals surface area contributed by atoms with Crippen molar-refractivity contribution in [2.24, 2.45) is 0 Å². The minimum atomic E-state index is -0.669. The van der Waals surface area contributed by atoms with Gasteiger partial charge in [-0.05, 0) is 30.5 Å². The van der Waals surface area contributed by atoms with E-state index in [0.717, 1.165) is 16.7 Å². The molecule has 126 valence electrons. The van der Waals surface area contributed by atoms with Crippen molar-refractivity contribution in [1.29, 1.82) is 0 Å². The number of aryl methyl sites for hydroxylation is 1. The minimum absolute atomic E-state index is 0.171. The summed E-state index contributed by atoms with van der Waals surface area (Å²) in [7, 11) is 0. The molecule has 2 N–H and O–H groups in total. The maximum Gasteiger partial charge on any atom is 0.408 e. The highest BCUT2D eigenvalue weighted by Gasteiger charge is 2.16. The first-order valence-corrected chi connectivity index (χ1v) is 7.85. The lowest BCUT2D eigenvalue weighted by Gasteiger charge is -2.15.